The molecule has 1 aliphatic rings. The number of halogens is 1. The highest BCUT2D eigenvalue weighted by molar-refractivity contribution is 6.30. The lowest BCUT2D eigenvalue weighted by Crippen LogP contribution is -2.40. The Bertz CT molecular complexity index is 411. The first-order valence-corrected chi connectivity index (χ1v) is 5.90. The second-order valence-electron chi connectivity index (χ2n) is 4.16. The van der Waals surface area contributed by atoms with E-state index in [0.717, 1.165) is 5.56 Å². The van der Waals surface area contributed by atoms with Crippen molar-refractivity contribution in [2.75, 3.05) is 13.2 Å². The van der Waals surface area contributed by atoms with E-state index in [1.54, 1.807) is 6.07 Å². The van der Waals surface area contributed by atoms with Crippen molar-refractivity contribution < 1.29 is 9.53 Å². The maximum Gasteiger partial charge on any atom is 0.227 e. The molecular weight excluding hydrogens is 240 g/mol. The largest absolute Gasteiger partial charge is 0.379 e. The van der Waals surface area contributed by atoms with Crippen molar-refractivity contribution in [1.29, 1.82) is 0 Å². The van der Waals surface area contributed by atoms with E-state index in [1.165, 1.54) is 0 Å². The first-order chi connectivity index (χ1) is 8.16. The van der Waals surface area contributed by atoms with Crippen LogP contribution in [0.25, 0.3) is 0 Å². The van der Waals surface area contributed by atoms with Crippen molar-refractivity contribution in [3.05, 3.63) is 34.9 Å². The van der Waals surface area contributed by atoms with Crippen molar-refractivity contribution in [1.82, 2.24) is 5.32 Å². The van der Waals surface area contributed by atoms with E-state index in [-0.39, 0.29) is 17.9 Å². The smallest absolute Gasteiger partial charge is 0.227 e. The Morgan fingerprint density at radius 3 is 3.00 bits per heavy atom. The van der Waals surface area contributed by atoms with Gasteiger partial charge in [-0.25, -0.2) is 0 Å². The van der Waals surface area contributed by atoms with Crippen LogP contribution in [0.15, 0.2) is 24.3 Å². The van der Waals surface area contributed by atoms with Gasteiger partial charge in [-0.2, -0.15) is 0 Å². The van der Waals surface area contributed by atoms with Crippen LogP contribution < -0.4 is 11.1 Å². The van der Waals surface area contributed by atoms with Crippen LogP contribution in [0, 0.1) is 5.92 Å². The normalized spacial score (nSPS) is 23.6. The Balaban J connectivity index is 1.88. The van der Waals surface area contributed by atoms with Gasteiger partial charge in [0.1, 0.15) is 0 Å². The molecule has 0 spiro atoms. The Morgan fingerprint density at radius 2 is 2.35 bits per heavy atom. The highest BCUT2D eigenvalue weighted by Crippen LogP contribution is 2.13. The van der Waals surface area contributed by atoms with Gasteiger partial charge in [-0.3, -0.25) is 4.79 Å². The zero-order chi connectivity index (χ0) is 12.3. The topological polar surface area (TPSA) is 64.3 Å². The van der Waals surface area contributed by atoms with E-state index in [1.807, 2.05) is 18.2 Å². The van der Waals surface area contributed by atoms with E-state index in [9.17, 15) is 4.79 Å². The Hall–Kier alpha value is -1.10. The van der Waals surface area contributed by atoms with Crippen molar-refractivity contribution in [3.8, 4) is 0 Å². The summed E-state index contributed by atoms with van der Waals surface area (Å²) in [6.07, 6.45) is 0. The summed E-state index contributed by atoms with van der Waals surface area (Å²) < 4.78 is 5.15. The highest BCUT2D eigenvalue weighted by Gasteiger charge is 2.30. The van der Waals surface area contributed by atoms with Crippen LogP contribution in [0.3, 0.4) is 0 Å². The lowest BCUT2D eigenvalue weighted by molar-refractivity contribution is -0.125. The minimum absolute atomic E-state index is 0.0602. The minimum atomic E-state index is -0.241. The number of amides is 1. The predicted octanol–water partition coefficient (Wildman–Crippen LogP) is 0.930. The molecule has 92 valence electrons. The molecule has 0 radical (unpaired) electrons. The van der Waals surface area contributed by atoms with Gasteiger partial charge >= 0.3 is 0 Å². The molecule has 1 saturated heterocycles. The standard InChI is InChI=1S/C12H15ClN2O2/c13-9-3-1-2-8(4-9)5-15-12(16)10-6-17-7-11(10)14/h1-4,10-11H,5-7,14H2,(H,15,16). The number of carbonyl (C=O) groups excluding carboxylic acids is 1. The molecule has 1 fully saturated rings. The molecule has 5 heteroatoms. The first-order valence-electron chi connectivity index (χ1n) is 5.52. The molecule has 0 bridgehead atoms. The number of carbonyl (C=O) groups is 1. The molecule has 1 aromatic rings. The second-order valence-corrected chi connectivity index (χ2v) is 4.59. The fourth-order valence-electron chi connectivity index (χ4n) is 1.81. The van der Waals surface area contributed by atoms with Gasteiger partial charge in [0.05, 0.1) is 19.1 Å². The number of rotatable bonds is 3. The van der Waals surface area contributed by atoms with Crippen LogP contribution >= 0.6 is 11.6 Å². The Morgan fingerprint density at radius 1 is 1.53 bits per heavy atom. The van der Waals surface area contributed by atoms with Gasteiger partial charge in [0.15, 0.2) is 0 Å². The van der Waals surface area contributed by atoms with Crippen molar-refractivity contribution in [3.63, 3.8) is 0 Å². The lowest BCUT2D eigenvalue weighted by atomic mass is 10.0. The van der Waals surface area contributed by atoms with Crippen LogP contribution in [0.2, 0.25) is 5.02 Å². The summed E-state index contributed by atoms with van der Waals surface area (Å²) >= 11 is 5.86. The predicted molar refractivity (Wildman–Crippen MR) is 65.6 cm³/mol. The summed E-state index contributed by atoms with van der Waals surface area (Å²) in [7, 11) is 0. The van der Waals surface area contributed by atoms with Crippen molar-refractivity contribution >= 4 is 17.5 Å². The van der Waals surface area contributed by atoms with Gasteiger partial charge in [0, 0.05) is 17.6 Å². The molecule has 1 aliphatic heterocycles. The van der Waals surface area contributed by atoms with E-state index in [4.69, 9.17) is 22.1 Å². The number of hydrogen-bond acceptors (Lipinski definition) is 3. The second kappa shape index (κ2) is 5.49. The molecule has 1 heterocycles. The molecule has 2 rings (SSSR count). The molecular formula is C12H15ClN2O2. The van der Waals surface area contributed by atoms with Gasteiger partial charge in [-0.05, 0) is 17.7 Å². The van der Waals surface area contributed by atoms with Crippen LogP contribution in [0.5, 0.6) is 0 Å². The van der Waals surface area contributed by atoms with E-state index >= 15 is 0 Å². The molecule has 17 heavy (non-hydrogen) atoms. The molecule has 2 atom stereocenters. The molecule has 2 unspecified atom stereocenters. The molecule has 1 amide bonds. The molecule has 0 aromatic heterocycles. The van der Waals surface area contributed by atoms with Gasteiger partial charge in [-0.1, -0.05) is 23.7 Å². The van der Waals surface area contributed by atoms with Crippen molar-refractivity contribution in [2.24, 2.45) is 11.7 Å². The quantitative estimate of drug-likeness (QED) is 0.844. The fourth-order valence-corrected chi connectivity index (χ4v) is 2.02. The van der Waals surface area contributed by atoms with E-state index in [2.05, 4.69) is 5.32 Å². The third-order valence-electron chi connectivity index (χ3n) is 2.82. The Kier molecular flexibility index (Phi) is 3.99. The summed E-state index contributed by atoms with van der Waals surface area (Å²) in [4.78, 5) is 11.8. The van der Waals surface area contributed by atoms with E-state index < -0.39 is 0 Å². The zero-order valence-corrected chi connectivity index (χ0v) is 10.1. The molecule has 4 nitrogen and oxygen atoms in total. The lowest BCUT2D eigenvalue weighted by Gasteiger charge is -2.13. The van der Waals surface area contributed by atoms with Crippen LogP contribution in [-0.2, 0) is 16.1 Å². The van der Waals surface area contributed by atoms with Crippen LogP contribution in [0.1, 0.15) is 5.56 Å². The summed E-state index contributed by atoms with van der Waals surface area (Å²) in [5.74, 6) is -0.302. The monoisotopic (exact) mass is 254 g/mol. The number of benzene rings is 1. The summed E-state index contributed by atoms with van der Waals surface area (Å²) in [6, 6.07) is 7.20. The Labute approximate surface area is 105 Å². The average Bonchev–Trinajstić information content (AvgIpc) is 2.72. The first kappa shape index (κ1) is 12.4. The number of hydrogen-bond donors (Lipinski definition) is 2. The van der Waals surface area contributed by atoms with Crippen LogP contribution in [0.4, 0.5) is 0 Å². The third-order valence-corrected chi connectivity index (χ3v) is 3.05. The molecule has 3 N–H and O–H groups in total. The van der Waals surface area contributed by atoms with Crippen molar-refractivity contribution in [2.45, 2.75) is 12.6 Å². The minimum Gasteiger partial charge on any atom is -0.379 e. The fraction of sp³-hybridized carbons (Fsp3) is 0.417. The summed E-state index contributed by atoms with van der Waals surface area (Å²) in [6.45, 7) is 1.32. The third kappa shape index (κ3) is 3.19. The highest BCUT2D eigenvalue weighted by atomic mass is 35.5. The summed E-state index contributed by atoms with van der Waals surface area (Å²) in [5, 5.41) is 3.51. The molecule has 1 aromatic carbocycles. The van der Waals surface area contributed by atoms with E-state index in [0.29, 0.717) is 24.8 Å². The number of ether oxygens (including phenoxy) is 1. The maximum absolute atomic E-state index is 11.8. The van der Waals surface area contributed by atoms with Gasteiger partial charge < -0.3 is 15.8 Å². The van der Waals surface area contributed by atoms with Gasteiger partial charge in [0.2, 0.25) is 5.91 Å². The van der Waals surface area contributed by atoms with Crippen LogP contribution in [-0.4, -0.2) is 25.2 Å². The average molecular weight is 255 g/mol. The SMILES string of the molecule is NC1COCC1C(=O)NCc1cccc(Cl)c1. The summed E-state index contributed by atoms with van der Waals surface area (Å²) in [5.41, 5.74) is 6.74. The number of nitrogens with two attached hydrogens (primary N) is 1. The maximum atomic E-state index is 11.8. The van der Waals surface area contributed by atoms with Gasteiger partial charge in [0.25, 0.3) is 0 Å². The number of nitrogens with one attached hydrogen (secondary N) is 1. The zero-order valence-electron chi connectivity index (χ0n) is 9.36. The molecule has 0 saturated carbocycles. The molecule has 0 aliphatic carbocycles. The van der Waals surface area contributed by atoms with Gasteiger partial charge in [-0.15, -0.1) is 0 Å².